The summed E-state index contributed by atoms with van der Waals surface area (Å²) in [4.78, 5) is 4.05. The molecule has 4 heteroatoms. The summed E-state index contributed by atoms with van der Waals surface area (Å²) in [6.45, 7) is -0.0469. The van der Waals surface area contributed by atoms with Crippen LogP contribution in [0.2, 0.25) is 0 Å². The Morgan fingerprint density at radius 2 is 1.95 bits per heavy atom. The molecule has 0 radical (unpaired) electrons. The molecule has 1 heterocycles. The summed E-state index contributed by atoms with van der Waals surface area (Å²) >= 11 is 0. The van der Waals surface area contributed by atoms with E-state index in [1.807, 2.05) is 30.3 Å². The van der Waals surface area contributed by atoms with Gasteiger partial charge in [-0.15, -0.1) is 0 Å². The fourth-order valence-electron chi connectivity index (χ4n) is 2.29. The van der Waals surface area contributed by atoms with Crippen molar-refractivity contribution in [1.82, 2.24) is 4.98 Å². The zero-order valence-corrected chi connectivity index (χ0v) is 10.9. The second-order valence-electron chi connectivity index (χ2n) is 4.54. The molecule has 102 valence electrons. The molecule has 0 unspecified atom stereocenters. The van der Waals surface area contributed by atoms with Crippen molar-refractivity contribution in [2.75, 3.05) is 6.61 Å². The van der Waals surface area contributed by atoms with E-state index in [1.165, 1.54) is 6.07 Å². The van der Waals surface area contributed by atoms with Gasteiger partial charge in [-0.1, -0.05) is 30.3 Å². The number of pyridine rings is 1. The van der Waals surface area contributed by atoms with Crippen LogP contribution < -0.4 is 0 Å². The van der Waals surface area contributed by atoms with Crippen molar-refractivity contribution >= 4 is 0 Å². The number of hydrogen-bond donors (Lipinski definition) is 1. The van der Waals surface area contributed by atoms with Crippen molar-refractivity contribution < 1.29 is 9.50 Å². The van der Waals surface area contributed by atoms with E-state index in [1.54, 1.807) is 6.07 Å². The summed E-state index contributed by atoms with van der Waals surface area (Å²) in [5, 5.41) is 18.7. The number of aromatic nitrogens is 1. The van der Waals surface area contributed by atoms with E-state index >= 15 is 0 Å². The van der Waals surface area contributed by atoms with Gasteiger partial charge in [0.2, 0.25) is 0 Å². The summed E-state index contributed by atoms with van der Waals surface area (Å²) in [5.74, 6) is -1.08. The van der Waals surface area contributed by atoms with E-state index in [0.29, 0.717) is 12.1 Å². The first kappa shape index (κ1) is 14.2. The molecule has 0 saturated carbocycles. The summed E-state index contributed by atoms with van der Waals surface area (Å²) in [6.07, 6.45) is 1.55. The number of aliphatic hydroxyl groups excluding tert-OH is 1. The van der Waals surface area contributed by atoms with Crippen LogP contribution >= 0.6 is 0 Å². The fraction of sp³-hybridized carbons (Fsp3) is 0.250. The van der Waals surface area contributed by atoms with Crippen molar-refractivity contribution in [3.05, 3.63) is 65.7 Å². The molecular weight excluding hydrogens is 255 g/mol. The van der Waals surface area contributed by atoms with Crippen molar-refractivity contribution in [2.45, 2.75) is 18.3 Å². The van der Waals surface area contributed by atoms with Gasteiger partial charge in [-0.05, 0) is 24.1 Å². The van der Waals surface area contributed by atoms with Crippen LogP contribution in [0.15, 0.2) is 48.7 Å². The first-order valence-electron chi connectivity index (χ1n) is 6.43. The van der Waals surface area contributed by atoms with Gasteiger partial charge in [0.15, 0.2) is 0 Å². The first-order valence-corrected chi connectivity index (χ1v) is 6.43. The number of aliphatic hydroxyl groups is 1. The van der Waals surface area contributed by atoms with Crippen molar-refractivity contribution in [3.63, 3.8) is 0 Å². The van der Waals surface area contributed by atoms with Crippen LogP contribution in [0.4, 0.5) is 4.39 Å². The van der Waals surface area contributed by atoms with E-state index in [9.17, 15) is 14.8 Å². The molecule has 1 aromatic heterocycles. The smallest absolute Gasteiger partial charge is 0.141 e. The quantitative estimate of drug-likeness (QED) is 0.908. The van der Waals surface area contributed by atoms with Crippen LogP contribution in [-0.4, -0.2) is 16.7 Å². The average molecular weight is 270 g/mol. The van der Waals surface area contributed by atoms with Crippen LogP contribution in [0.5, 0.6) is 0 Å². The summed E-state index contributed by atoms with van der Waals surface area (Å²) in [5.41, 5.74) is 1.50. The molecule has 0 amide bonds. The minimum Gasteiger partial charge on any atom is -0.396 e. The zero-order valence-electron chi connectivity index (χ0n) is 10.9. The lowest BCUT2D eigenvalue weighted by Crippen LogP contribution is -2.13. The Kier molecular flexibility index (Phi) is 4.80. The van der Waals surface area contributed by atoms with Crippen LogP contribution in [0, 0.1) is 17.1 Å². The molecule has 1 N–H and O–H groups in total. The molecule has 20 heavy (non-hydrogen) atoms. The highest BCUT2D eigenvalue weighted by Crippen LogP contribution is 2.34. The van der Waals surface area contributed by atoms with Gasteiger partial charge in [-0.2, -0.15) is 5.26 Å². The number of nitrogens with zero attached hydrogens (tertiary/aromatic N) is 2. The van der Waals surface area contributed by atoms with Crippen LogP contribution in [-0.2, 0) is 0 Å². The molecule has 3 nitrogen and oxygen atoms in total. The minimum atomic E-state index is -0.415. The molecule has 0 aliphatic carbocycles. The van der Waals surface area contributed by atoms with E-state index in [2.05, 4.69) is 11.1 Å². The predicted molar refractivity (Wildman–Crippen MR) is 73.4 cm³/mol. The van der Waals surface area contributed by atoms with Gasteiger partial charge in [0.25, 0.3) is 0 Å². The lowest BCUT2D eigenvalue weighted by Gasteiger charge is -2.21. The van der Waals surface area contributed by atoms with Gasteiger partial charge < -0.3 is 5.11 Å². The Labute approximate surface area is 117 Å². The molecule has 2 aromatic rings. The third kappa shape index (κ3) is 3.19. The fourth-order valence-corrected chi connectivity index (χ4v) is 2.29. The van der Waals surface area contributed by atoms with Gasteiger partial charge in [-0.3, -0.25) is 4.98 Å². The van der Waals surface area contributed by atoms with Crippen LogP contribution in [0.3, 0.4) is 0 Å². The Bertz CT molecular complexity index is 578. The maximum Gasteiger partial charge on any atom is 0.141 e. The van der Waals surface area contributed by atoms with E-state index < -0.39 is 11.7 Å². The van der Waals surface area contributed by atoms with Gasteiger partial charge in [0, 0.05) is 18.2 Å². The highest BCUT2D eigenvalue weighted by molar-refractivity contribution is 5.30. The standard InChI is InChI=1S/C16H15FN2O/c17-13-6-7-16(19-11-13)14(8-9-20)15(10-18)12-4-2-1-3-5-12/h1-7,11,14-15,20H,8-9H2/t14-,15+/m1/s1. The summed E-state index contributed by atoms with van der Waals surface area (Å²) in [6, 6.07) is 14.5. The van der Waals surface area contributed by atoms with E-state index in [-0.39, 0.29) is 12.5 Å². The first-order chi connectivity index (χ1) is 9.76. The third-order valence-electron chi connectivity index (χ3n) is 3.27. The predicted octanol–water partition coefficient (Wildman–Crippen LogP) is 2.99. The van der Waals surface area contributed by atoms with Gasteiger partial charge in [0.05, 0.1) is 18.2 Å². The van der Waals surface area contributed by atoms with Gasteiger partial charge in [-0.25, -0.2) is 4.39 Å². The molecule has 2 atom stereocenters. The molecule has 1 aromatic carbocycles. The molecule has 0 aliphatic rings. The average Bonchev–Trinajstić information content (AvgIpc) is 2.49. The molecule has 0 fully saturated rings. The Morgan fingerprint density at radius 3 is 2.50 bits per heavy atom. The topological polar surface area (TPSA) is 56.9 Å². The lowest BCUT2D eigenvalue weighted by atomic mass is 9.82. The Morgan fingerprint density at radius 1 is 1.20 bits per heavy atom. The SMILES string of the molecule is N#C[C@@H](c1ccccc1)[C@@H](CCO)c1ccc(F)cn1. The third-order valence-corrected chi connectivity index (χ3v) is 3.27. The molecule has 0 spiro atoms. The van der Waals surface area contributed by atoms with Gasteiger partial charge in [0.1, 0.15) is 5.82 Å². The second kappa shape index (κ2) is 6.78. The molecular formula is C16H15FN2O. The molecule has 0 aliphatic heterocycles. The summed E-state index contributed by atoms with van der Waals surface area (Å²) < 4.78 is 13.0. The zero-order chi connectivity index (χ0) is 14.4. The van der Waals surface area contributed by atoms with Crippen LogP contribution in [0.25, 0.3) is 0 Å². The van der Waals surface area contributed by atoms with E-state index in [4.69, 9.17) is 0 Å². The van der Waals surface area contributed by atoms with Crippen LogP contribution in [0.1, 0.15) is 29.5 Å². The van der Waals surface area contributed by atoms with Gasteiger partial charge >= 0.3 is 0 Å². The molecule has 0 saturated heterocycles. The number of rotatable bonds is 5. The van der Waals surface area contributed by atoms with Crippen molar-refractivity contribution in [1.29, 1.82) is 5.26 Å². The highest BCUT2D eigenvalue weighted by atomic mass is 19.1. The molecule has 2 rings (SSSR count). The maximum absolute atomic E-state index is 13.0. The monoisotopic (exact) mass is 270 g/mol. The number of nitriles is 1. The van der Waals surface area contributed by atoms with Crippen molar-refractivity contribution in [2.24, 2.45) is 0 Å². The number of benzene rings is 1. The number of halogens is 1. The largest absolute Gasteiger partial charge is 0.396 e. The lowest BCUT2D eigenvalue weighted by molar-refractivity contribution is 0.271. The van der Waals surface area contributed by atoms with E-state index in [0.717, 1.165) is 11.8 Å². The Hall–Kier alpha value is -2.25. The molecule has 0 bridgehead atoms. The minimum absolute atomic E-state index is 0.0469. The normalized spacial score (nSPS) is 13.4. The van der Waals surface area contributed by atoms with Crippen molar-refractivity contribution in [3.8, 4) is 6.07 Å². The maximum atomic E-state index is 13.0. The second-order valence-corrected chi connectivity index (χ2v) is 4.54. The Balaban J connectivity index is 2.36. The summed E-state index contributed by atoms with van der Waals surface area (Å²) in [7, 11) is 0. The highest BCUT2D eigenvalue weighted by Gasteiger charge is 2.25. The number of hydrogen-bond acceptors (Lipinski definition) is 3.